The van der Waals surface area contributed by atoms with Crippen LogP contribution >= 0.6 is 0 Å². The van der Waals surface area contributed by atoms with E-state index in [1.807, 2.05) is 6.07 Å². The molecule has 114 valence electrons. The summed E-state index contributed by atoms with van der Waals surface area (Å²) in [6.45, 7) is 3.45. The molecule has 0 N–H and O–H groups in total. The fraction of sp³-hybridized carbons (Fsp3) is 0.429. The molecular weight excluding hydrogens is 292 g/mol. The van der Waals surface area contributed by atoms with Gasteiger partial charge in [-0.2, -0.15) is 9.57 Å². The minimum absolute atomic E-state index is 0.192. The van der Waals surface area contributed by atoms with Gasteiger partial charge >= 0.3 is 5.97 Å². The number of nitriles is 1. The molecule has 0 aliphatic rings. The summed E-state index contributed by atoms with van der Waals surface area (Å²) in [5.41, 5.74) is 1.03. The van der Waals surface area contributed by atoms with E-state index < -0.39 is 16.0 Å². The van der Waals surface area contributed by atoms with Crippen LogP contribution in [0.2, 0.25) is 0 Å². The molecule has 0 aromatic heterocycles. The lowest BCUT2D eigenvalue weighted by molar-refractivity contribution is -0.143. The molecule has 0 bridgehead atoms. The SMILES string of the molecule is CCOC(=O)CN(CC)S(=O)(=O)Cc1ccc(C#N)cc1. The van der Waals surface area contributed by atoms with E-state index in [9.17, 15) is 13.2 Å². The average molecular weight is 310 g/mol. The predicted molar refractivity (Wildman–Crippen MR) is 77.7 cm³/mol. The second-order valence-corrected chi connectivity index (χ2v) is 6.27. The van der Waals surface area contributed by atoms with E-state index in [-0.39, 0.29) is 25.4 Å². The molecule has 1 rings (SSSR count). The van der Waals surface area contributed by atoms with Crippen LogP contribution < -0.4 is 0 Å². The van der Waals surface area contributed by atoms with Gasteiger partial charge in [0.1, 0.15) is 6.54 Å². The quantitative estimate of drug-likeness (QED) is 0.708. The highest BCUT2D eigenvalue weighted by molar-refractivity contribution is 7.88. The summed E-state index contributed by atoms with van der Waals surface area (Å²) < 4.78 is 30.4. The van der Waals surface area contributed by atoms with Gasteiger partial charge in [0.2, 0.25) is 10.0 Å². The van der Waals surface area contributed by atoms with Gasteiger partial charge in [0, 0.05) is 6.54 Å². The molecule has 7 heteroatoms. The smallest absolute Gasteiger partial charge is 0.321 e. The molecule has 1 aromatic rings. The lowest BCUT2D eigenvalue weighted by Crippen LogP contribution is -2.37. The van der Waals surface area contributed by atoms with Crippen LogP contribution in [0.1, 0.15) is 25.0 Å². The van der Waals surface area contributed by atoms with E-state index >= 15 is 0 Å². The van der Waals surface area contributed by atoms with Gasteiger partial charge in [-0.3, -0.25) is 4.79 Å². The Balaban J connectivity index is 2.82. The highest BCUT2D eigenvalue weighted by atomic mass is 32.2. The summed E-state index contributed by atoms with van der Waals surface area (Å²) in [5, 5.41) is 8.71. The van der Waals surface area contributed by atoms with Gasteiger partial charge in [0.25, 0.3) is 0 Å². The Bertz CT molecular complexity index is 617. The van der Waals surface area contributed by atoms with Gasteiger partial charge in [0.15, 0.2) is 0 Å². The van der Waals surface area contributed by atoms with Crippen molar-refractivity contribution in [1.29, 1.82) is 5.26 Å². The van der Waals surface area contributed by atoms with Crippen LogP contribution in [0.15, 0.2) is 24.3 Å². The van der Waals surface area contributed by atoms with Crippen LogP contribution in [0.25, 0.3) is 0 Å². The van der Waals surface area contributed by atoms with Crippen molar-refractivity contribution < 1.29 is 17.9 Å². The van der Waals surface area contributed by atoms with Gasteiger partial charge in [-0.05, 0) is 24.6 Å². The second kappa shape index (κ2) is 7.76. The Hall–Kier alpha value is -1.91. The minimum Gasteiger partial charge on any atom is -0.465 e. The molecule has 1 aromatic carbocycles. The molecule has 0 aliphatic carbocycles. The summed E-state index contributed by atoms with van der Waals surface area (Å²) in [6, 6.07) is 8.28. The molecule has 0 atom stereocenters. The van der Waals surface area contributed by atoms with Gasteiger partial charge in [-0.15, -0.1) is 0 Å². The molecule has 0 unspecified atom stereocenters. The molecule has 0 saturated heterocycles. The van der Waals surface area contributed by atoms with Crippen molar-refractivity contribution in [3.05, 3.63) is 35.4 Å². The lowest BCUT2D eigenvalue weighted by atomic mass is 10.2. The first-order chi connectivity index (χ1) is 9.92. The molecule has 0 fully saturated rings. The van der Waals surface area contributed by atoms with E-state index in [1.54, 1.807) is 38.1 Å². The summed E-state index contributed by atoms with van der Waals surface area (Å²) in [7, 11) is -3.61. The molecular formula is C14H18N2O4S. The molecule has 0 heterocycles. The van der Waals surface area contributed by atoms with Gasteiger partial charge in [0.05, 0.1) is 24.0 Å². The summed E-state index contributed by atoms with van der Waals surface area (Å²) in [4.78, 5) is 11.4. The van der Waals surface area contributed by atoms with Crippen molar-refractivity contribution in [1.82, 2.24) is 4.31 Å². The third-order valence-corrected chi connectivity index (χ3v) is 4.66. The van der Waals surface area contributed by atoms with Crippen molar-refractivity contribution in [2.75, 3.05) is 19.7 Å². The molecule has 0 saturated carbocycles. The molecule has 0 aliphatic heterocycles. The number of esters is 1. The zero-order valence-electron chi connectivity index (χ0n) is 12.1. The van der Waals surface area contributed by atoms with Crippen molar-refractivity contribution in [3.8, 4) is 6.07 Å². The Morgan fingerprint density at radius 1 is 1.29 bits per heavy atom. The Kier molecular flexibility index (Phi) is 6.34. The predicted octanol–water partition coefficient (Wildman–Crippen LogP) is 1.27. The first-order valence-electron chi connectivity index (χ1n) is 6.55. The van der Waals surface area contributed by atoms with Crippen molar-refractivity contribution in [2.45, 2.75) is 19.6 Å². The van der Waals surface area contributed by atoms with Gasteiger partial charge < -0.3 is 4.74 Å². The number of nitrogens with zero attached hydrogens (tertiary/aromatic N) is 2. The number of carbonyl (C=O) groups excluding carboxylic acids is 1. The maximum absolute atomic E-state index is 12.3. The molecule has 6 nitrogen and oxygen atoms in total. The zero-order chi connectivity index (χ0) is 15.9. The molecule has 0 amide bonds. The monoisotopic (exact) mass is 310 g/mol. The molecule has 0 radical (unpaired) electrons. The number of ether oxygens (including phenoxy) is 1. The number of hydrogen-bond donors (Lipinski definition) is 0. The maximum atomic E-state index is 12.3. The summed E-state index contributed by atoms with van der Waals surface area (Å²) >= 11 is 0. The van der Waals surface area contributed by atoms with Crippen LogP contribution in [0.4, 0.5) is 0 Å². The second-order valence-electron chi connectivity index (χ2n) is 4.30. The van der Waals surface area contributed by atoms with Crippen molar-refractivity contribution in [3.63, 3.8) is 0 Å². The van der Waals surface area contributed by atoms with E-state index in [1.165, 1.54) is 0 Å². The van der Waals surface area contributed by atoms with E-state index in [4.69, 9.17) is 10.00 Å². The fourth-order valence-electron chi connectivity index (χ4n) is 1.73. The number of likely N-dealkylation sites (N-methyl/N-ethyl adjacent to an activating group) is 1. The van der Waals surface area contributed by atoms with E-state index in [0.717, 1.165) is 4.31 Å². The Labute approximate surface area is 125 Å². The number of carbonyl (C=O) groups is 1. The van der Waals surface area contributed by atoms with Crippen LogP contribution in [-0.2, 0) is 25.3 Å². The topological polar surface area (TPSA) is 87.5 Å². The normalized spacial score (nSPS) is 11.1. The third-order valence-electron chi connectivity index (χ3n) is 2.79. The standard InChI is InChI=1S/C14H18N2O4S/c1-3-16(10-14(17)20-4-2)21(18,19)11-13-7-5-12(9-15)6-8-13/h5-8H,3-4,10-11H2,1-2H3. The van der Waals surface area contributed by atoms with Gasteiger partial charge in [-0.1, -0.05) is 19.1 Å². The minimum atomic E-state index is -3.61. The number of hydrogen-bond acceptors (Lipinski definition) is 5. The maximum Gasteiger partial charge on any atom is 0.321 e. The van der Waals surface area contributed by atoms with Crippen molar-refractivity contribution in [2.24, 2.45) is 0 Å². The third kappa shape index (κ3) is 5.17. The van der Waals surface area contributed by atoms with Crippen LogP contribution in [0.3, 0.4) is 0 Å². The number of benzene rings is 1. The Morgan fingerprint density at radius 3 is 2.38 bits per heavy atom. The number of rotatable bonds is 7. The molecule has 0 spiro atoms. The first-order valence-corrected chi connectivity index (χ1v) is 8.16. The fourth-order valence-corrected chi connectivity index (χ4v) is 3.23. The molecule has 21 heavy (non-hydrogen) atoms. The van der Waals surface area contributed by atoms with Gasteiger partial charge in [-0.25, -0.2) is 8.42 Å². The van der Waals surface area contributed by atoms with Crippen LogP contribution in [0.5, 0.6) is 0 Å². The van der Waals surface area contributed by atoms with Crippen LogP contribution in [0, 0.1) is 11.3 Å². The highest BCUT2D eigenvalue weighted by Crippen LogP contribution is 2.12. The van der Waals surface area contributed by atoms with E-state index in [2.05, 4.69) is 0 Å². The number of sulfonamides is 1. The van der Waals surface area contributed by atoms with Crippen LogP contribution in [-0.4, -0.2) is 38.4 Å². The lowest BCUT2D eigenvalue weighted by Gasteiger charge is -2.19. The Morgan fingerprint density at radius 2 is 1.90 bits per heavy atom. The summed E-state index contributed by atoms with van der Waals surface area (Å²) in [6.07, 6.45) is 0. The van der Waals surface area contributed by atoms with E-state index in [0.29, 0.717) is 11.1 Å². The summed E-state index contributed by atoms with van der Waals surface area (Å²) in [5.74, 6) is -0.783. The largest absolute Gasteiger partial charge is 0.465 e. The van der Waals surface area contributed by atoms with Crippen molar-refractivity contribution >= 4 is 16.0 Å². The highest BCUT2D eigenvalue weighted by Gasteiger charge is 2.24. The average Bonchev–Trinajstić information content (AvgIpc) is 2.45. The zero-order valence-corrected chi connectivity index (χ0v) is 12.9. The first kappa shape index (κ1) is 17.1.